The lowest BCUT2D eigenvalue weighted by Gasteiger charge is -2.30. The maximum absolute atomic E-state index is 12.3. The molecule has 3 heteroatoms. The summed E-state index contributed by atoms with van der Waals surface area (Å²) in [5.74, 6) is 0.748. The monoisotopic (exact) mass is 496 g/mol. The van der Waals surface area contributed by atoms with E-state index in [1.807, 2.05) is 115 Å². The summed E-state index contributed by atoms with van der Waals surface area (Å²) in [6.45, 7) is 0. The van der Waals surface area contributed by atoms with E-state index >= 15 is 0 Å². The van der Waals surface area contributed by atoms with Crippen LogP contribution in [0.15, 0.2) is 138 Å². The fourth-order valence-corrected chi connectivity index (χ4v) is 5.31. The third-order valence-corrected chi connectivity index (χ3v) is 7.08. The Bertz CT molecular complexity index is 1610. The van der Waals surface area contributed by atoms with Crippen LogP contribution in [0.3, 0.4) is 0 Å². The van der Waals surface area contributed by atoms with Crippen LogP contribution in [-0.2, 0) is 18.4 Å². The smallest absolute Gasteiger partial charge is 0.143 e. The van der Waals surface area contributed by atoms with Gasteiger partial charge in [0, 0.05) is 41.0 Å². The lowest BCUT2D eigenvalue weighted by atomic mass is 9.81. The number of hydrogen-bond donors (Lipinski definition) is 2. The van der Waals surface area contributed by atoms with Crippen molar-refractivity contribution >= 4 is 11.0 Å². The highest BCUT2D eigenvalue weighted by atomic mass is 16.3. The molecule has 0 radical (unpaired) electrons. The molecule has 38 heavy (non-hydrogen) atoms. The zero-order chi connectivity index (χ0) is 26.0. The van der Waals surface area contributed by atoms with Crippen molar-refractivity contribution in [3.8, 4) is 28.2 Å². The predicted molar refractivity (Wildman–Crippen MR) is 153 cm³/mol. The van der Waals surface area contributed by atoms with Crippen molar-refractivity contribution < 1.29 is 14.6 Å². The van der Waals surface area contributed by atoms with Gasteiger partial charge in [0.2, 0.25) is 0 Å². The minimum absolute atomic E-state index is 0.0137. The van der Waals surface area contributed by atoms with Crippen molar-refractivity contribution in [2.45, 2.75) is 18.4 Å². The normalized spacial score (nSPS) is 11.6. The molecule has 2 N–H and O–H groups in total. The molecule has 0 atom stereocenters. The minimum atomic E-state index is -1.35. The number of fused-ring (bicyclic) bond motifs is 1. The van der Waals surface area contributed by atoms with Gasteiger partial charge in [-0.3, -0.25) is 0 Å². The van der Waals surface area contributed by atoms with Crippen LogP contribution >= 0.6 is 0 Å². The molecule has 6 aromatic rings. The number of furan rings is 1. The number of benzene rings is 5. The van der Waals surface area contributed by atoms with Crippen LogP contribution in [0.25, 0.3) is 33.4 Å². The molecular weight excluding hydrogens is 468 g/mol. The molecule has 0 aliphatic rings. The van der Waals surface area contributed by atoms with Gasteiger partial charge < -0.3 is 14.6 Å². The number of aromatic hydroxyl groups is 1. The highest BCUT2D eigenvalue weighted by Gasteiger charge is 2.34. The first-order chi connectivity index (χ1) is 18.6. The highest BCUT2D eigenvalue weighted by Crippen LogP contribution is 2.45. The van der Waals surface area contributed by atoms with Crippen LogP contribution in [0.1, 0.15) is 16.7 Å². The van der Waals surface area contributed by atoms with Crippen molar-refractivity contribution in [1.82, 2.24) is 0 Å². The summed E-state index contributed by atoms with van der Waals surface area (Å²) < 4.78 is 6.38. The molecule has 0 amide bonds. The second-order valence-corrected chi connectivity index (χ2v) is 9.76. The number of phenols is 1. The average molecular weight is 497 g/mol. The Morgan fingerprint density at radius 2 is 1.05 bits per heavy atom. The topological polar surface area (TPSA) is 53.6 Å². The molecule has 3 nitrogen and oxygen atoms in total. The van der Waals surface area contributed by atoms with Gasteiger partial charge in [0.05, 0.1) is 0 Å². The van der Waals surface area contributed by atoms with Crippen LogP contribution in [0, 0.1) is 0 Å². The summed E-state index contributed by atoms with van der Waals surface area (Å²) in [5.41, 5.74) is 4.59. The van der Waals surface area contributed by atoms with E-state index in [1.165, 1.54) is 0 Å². The van der Waals surface area contributed by atoms with Gasteiger partial charge in [-0.15, -0.1) is 0 Å². The molecule has 1 heterocycles. The lowest BCUT2D eigenvalue weighted by Crippen LogP contribution is -2.31. The largest absolute Gasteiger partial charge is 0.507 e. The fraction of sp³-hybridized carbons (Fsp3) is 0.0857. The third kappa shape index (κ3) is 4.60. The predicted octanol–water partition coefficient (Wildman–Crippen LogP) is 8.15. The molecule has 0 fully saturated rings. The van der Waals surface area contributed by atoms with Gasteiger partial charge in [0.15, 0.2) is 0 Å². The van der Waals surface area contributed by atoms with E-state index in [9.17, 15) is 10.2 Å². The highest BCUT2D eigenvalue weighted by molar-refractivity contribution is 6.02. The quantitative estimate of drug-likeness (QED) is 0.234. The Labute approximate surface area is 222 Å². The van der Waals surface area contributed by atoms with Crippen molar-refractivity contribution in [2.75, 3.05) is 0 Å². The van der Waals surface area contributed by atoms with Gasteiger partial charge >= 0.3 is 0 Å². The van der Waals surface area contributed by atoms with E-state index in [0.29, 0.717) is 24.0 Å². The SMILES string of the molecule is Oc1cc2oc(-c3ccccc3)c(-c3ccccc3)c2cc1C(O)(Cc1ccccc1)Cc1ccccc1. The summed E-state index contributed by atoms with van der Waals surface area (Å²) in [6, 6.07) is 43.5. The van der Waals surface area contributed by atoms with Gasteiger partial charge in [0.25, 0.3) is 0 Å². The number of phenolic OH excluding ortho intramolecular Hbond substituents is 1. The molecule has 186 valence electrons. The van der Waals surface area contributed by atoms with E-state index in [1.54, 1.807) is 6.07 Å². The van der Waals surface area contributed by atoms with E-state index < -0.39 is 5.60 Å². The first-order valence-corrected chi connectivity index (χ1v) is 12.8. The Morgan fingerprint density at radius 3 is 1.58 bits per heavy atom. The van der Waals surface area contributed by atoms with E-state index in [-0.39, 0.29) is 5.75 Å². The average Bonchev–Trinajstić information content (AvgIpc) is 3.33. The molecule has 0 aliphatic heterocycles. The molecule has 0 saturated heterocycles. The van der Waals surface area contributed by atoms with Gasteiger partial charge in [-0.25, -0.2) is 0 Å². The Morgan fingerprint density at radius 1 is 0.579 bits per heavy atom. The second-order valence-electron chi connectivity index (χ2n) is 9.76. The Hall–Kier alpha value is -4.60. The van der Waals surface area contributed by atoms with Crippen molar-refractivity contribution in [3.05, 3.63) is 150 Å². The van der Waals surface area contributed by atoms with Gasteiger partial charge in [-0.2, -0.15) is 0 Å². The number of hydrogen-bond acceptors (Lipinski definition) is 3. The van der Waals surface area contributed by atoms with Crippen LogP contribution in [0.4, 0.5) is 0 Å². The van der Waals surface area contributed by atoms with Crippen LogP contribution < -0.4 is 0 Å². The number of rotatable bonds is 7. The second kappa shape index (κ2) is 10.0. The molecule has 6 rings (SSSR count). The Kier molecular flexibility index (Phi) is 6.28. The van der Waals surface area contributed by atoms with Gasteiger partial charge in [0.1, 0.15) is 22.7 Å². The number of aliphatic hydroxyl groups is 1. The van der Waals surface area contributed by atoms with Gasteiger partial charge in [-0.1, -0.05) is 121 Å². The van der Waals surface area contributed by atoms with Crippen molar-refractivity contribution in [3.63, 3.8) is 0 Å². The summed E-state index contributed by atoms with van der Waals surface area (Å²) >= 11 is 0. The van der Waals surface area contributed by atoms with Crippen molar-refractivity contribution in [2.24, 2.45) is 0 Å². The molecule has 0 spiro atoms. The van der Waals surface area contributed by atoms with E-state index in [2.05, 4.69) is 12.1 Å². The standard InChI is InChI=1S/C35H28O3/c36-31-22-32-29(33(27-17-9-3-10-18-27)34(38-32)28-19-11-4-12-20-28)21-30(31)35(37,23-25-13-5-1-6-14-25)24-26-15-7-2-8-16-26/h1-22,36-37H,23-24H2. The van der Waals surface area contributed by atoms with Crippen molar-refractivity contribution in [1.29, 1.82) is 0 Å². The zero-order valence-corrected chi connectivity index (χ0v) is 20.9. The van der Waals surface area contributed by atoms with E-state index in [4.69, 9.17) is 4.42 Å². The summed E-state index contributed by atoms with van der Waals surface area (Å²) in [4.78, 5) is 0. The first kappa shape index (κ1) is 23.8. The maximum atomic E-state index is 12.3. The molecule has 0 bridgehead atoms. The Balaban J connectivity index is 1.58. The minimum Gasteiger partial charge on any atom is -0.507 e. The summed E-state index contributed by atoms with van der Waals surface area (Å²) in [5, 5.41) is 24.5. The van der Waals surface area contributed by atoms with Crippen LogP contribution in [0.5, 0.6) is 5.75 Å². The lowest BCUT2D eigenvalue weighted by molar-refractivity contribution is 0.0349. The molecule has 0 aliphatic carbocycles. The molecule has 5 aromatic carbocycles. The molecule has 0 saturated carbocycles. The fourth-order valence-electron chi connectivity index (χ4n) is 5.31. The maximum Gasteiger partial charge on any atom is 0.143 e. The molecule has 1 aromatic heterocycles. The van der Waals surface area contributed by atoms with Crippen LogP contribution in [-0.4, -0.2) is 10.2 Å². The summed E-state index contributed by atoms with van der Waals surface area (Å²) in [6.07, 6.45) is 0.706. The van der Waals surface area contributed by atoms with Crippen LogP contribution in [0.2, 0.25) is 0 Å². The molecular formula is C35H28O3. The third-order valence-electron chi connectivity index (χ3n) is 7.08. The first-order valence-electron chi connectivity index (χ1n) is 12.8. The molecule has 0 unspecified atom stereocenters. The van der Waals surface area contributed by atoms with Gasteiger partial charge in [-0.05, 0) is 22.8 Å². The zero-order valence-electron chi connectivity index (χ0n) is 20.9. The van der Waals surface area contributed by atoms with E-state index in [0.717, 1.165) is 39.0 Å². The summed E-state index contributed by atoms with van der Waals surface area (Å²) in [7, 11) is 0.